The van der Waals surface area contributed by atoms with E-state index in [4.69, 9.17) is 17.3 Å². The summed E-state index contributed by atoms with van der Waals surface area (Å²) in [4.78, 5) is 19.1. The van der Waals surface area contributed by atoms with Gasteiger partial charge >= 0.3 is 0 Å². The van der Waals surface area contributed by atoms with Crippen LogP contribution in [0.15, 0.2) is 49.1 Å². The number of nitrogens with zero attached hydrogens (tertiary/aromatic N) is 7. The molecule has 2 aliphatic rings. The predicted octanol–water partition coefficient (Wildman–Crippen LogP) is 5.41. The first-order valence-corrected chi connectivity index (χ1v) is 14.7. The molecular formula is C31H35ClN8O. The van der Waals surface area contributed by atoms with E-state index in [0.717, 1.165) is 29.9 Å². The number of carbonyl (C=O) groups excluding carboxylic acids is 1. The number of anilines is 1. The fourth-order valence-electron chi connectivity index (χ4n) is 7.19. The molecule has 1 atom stereocenters. The van der Waals surface area contributed by atoms with Crippen molar-refractivity contribution in [2.45, 2.75) is 69.9 Å². The first kappa shape index (κ1) is 27.3. The highest BCUT2D eigenvalue weighted by Gasteiger charge is 2.49. The van der Waals surface area contributed by atoms with Crippen LogP contribution in [0, 0.1) is 23.2 Å². The summed E-state index contributed by atoms with van der Waals surface area (Å²) >= 11 is 6.43. The lowest BCUT2D eigenvalue weighted by molar-refractivity contribution is 0.100. The van der Waals surface area contributed by atoms with E-state index in [-0.39, 0.29) is 11.5 Å². The molecule has 1 amide bonds. The molecule has 3 heterocycles. The van der Waals surface area contributed by atoms with Gasteiger partial charge in [0.1, 0.15) is 17.3 Å². The number of amides is 1. The van der Waals surface area contributed by atoms with Crippen LogP contribution in [0.2, 0.25) is 5.15 Å². The minimum absolute atomic E-state index is 0.275. The monoisotopic (exact) mass is 570 g/mol. The topological polar surface area (TPSA) is 118 Å². The average Bonchev–Trinajstić information content (AvgIpc) is 3.71. The third kappa shape index (κ3) is 4.84. The summed E-state index contributed by atoms with van der Waals surface area (Å²) in [7, 11) is 1.99. The van der Waals surface area contributed by atoms with Crippen LogP contribution in [0.3, 0.4) is 0 Å². The molecule has 2 N–H and O–H groups in total. The molecule has 6 rings (SSSR count). The minimum atomic E-state index is -0.529. The highest BCUT2D eigenvalue weighted by Crippen LogP contribution is 2.53. The maximum atomic E-state index is 12.4. The number of carbonyl (C=O) groups is 1. The van der Waals surface area contributed by atoms with Gasteiger partial charge in [0.25, 0.3) is 5.91 Å². The Labute approximate surface area is 244 Å². The molecule has 2 fully saturated rings. The average molecular weight is 571 g/mol. The largest absolute Gasteiger partial charge is 0.365 e. The molecule has 0 bridgehead atoms. The second kappa shape index (κ2) is 10.8. The Morgan fingerprint density at radius 1 is 1.29 bits per heavy atom. The number of rotatable bonds is 9. The van der Waals surface area contributed by atoms with E-state index in [1.807, 2.05) is 23.9 Å². The highest BCUT2D eigenvalue weighted by molar-refractivity contribution is 6.29. The smallest absolute Gasteiger partial charge is 0.252 e. The number of pyridine rings is 1. The molecule has 0 saturated heterocycles. The zero-order valence-electron chi connectivity index (χ0n) is 23.5. The SMILES string of the molecule is C[C@@H](C1CCCC1)N(Cc1cc(C(N)=O)c2ncc(Cl)n2c1)c1cccc(C2(c3nncn3C)CC(CC#N)C2)c1. The Balaban J connectivity index is 1.42. The second-order valence-corrected chi connectivity index (χ2v) is 12.2. The lowest BCUT2D eigenvalue weighted by atomic mass is 9.57. The first-order valence-electron chi connectivity index (χ1n) is 14.3. The van der Waals surface area contributed by atoms with Gasteiger partial charge < -0.3 is 15.2 Å². The third-order valence-electron chi connectivity index (χ3n) is 9.33. The van der Waals surface area contributed by atoms with E-state index in [1.54, 1.807) is 16.9 Å². The Bertz CT molecular complexity index is 1620. The number of hydrogen-bond donors (Lipinski definition) is 1. The molecular weight excluding hydrogens is 536 g/mol. The van der Waals surface area contributed by atoms with Crippen molar-refractivity contribution in [2.75, 3.05) is 4.90 Å². The van der Waals surface area contributed by atoms with E-state index >= 15 is 0 Å². The number of nitriles is 1. The molecule has 0 aliphatic heterocycles. The minimum Gasteiger partial charge on any atom is -0.365 e. The quantitative estimate of drug-likeness (QED) is 0.287. The molecule has 3 aromatic heterocycles. The summed E-state index contributed by atoms with van der Waals surface area (Å²) in [6.45, 7) is 2.89. The van der Waals surface area contributed by atoms with Gasteiger partial charge in [-0.15, -0.1) is 10.2 Å². The van der Waals surface area contributed by atoms with Crippen LogP contribution in [-0.4, -0.2) is 36.1 Å². The van der Waals surface area contributed by atoms with Crippen LogP contribution in [0.5, 0.6) is 0 Å². The molecule has 212 valence electrons. The number of imidazole rings is 1. The van der Waals surface area contributed by atoms with E-state index in [1.165, 1.54) is 31.2 Å². The number of primary amides is 1. The molecule has 2 saturated carbocycles. The van der Waals surface area contributed by atoms with Crippen molar-refractivity contribution in [3.63, 3.8) is 0 Å². The predicted molar refractivity (Wildman–Crippen MR) is 158 cm³/mol. The van der Waals surface area contributed by atoms with Crippen LogP contribution in [0.4, 0.5) is 5.69 Å². The summed E-state index contributed by atoms with van der Waals surface area (Å²) in [6, 6.07) is 13.2. The third-order valence-corrected chi connectivity index (χ3v) is 9.61. The number of hydrogen-bond acceptors (Lipinski definition) is 6. The van der Waals surface area contributed by atoms with Crippen LogP contribution >= 0.6 is 11.6 Å². The maximum absolute atomic E-state index is 12.4. The standard InChI is InChI=1S/C31H35ClN8O/c1-20(23-6-3-4-7-23)39(17-22-12-26(28(34)41)29-35-16-27(32)40(29)18-22)25-9-5-8-24(13-25)31(14-21(15-31)10-11-33)30-37-36-19-38(30)2/h5,8-9,12-13,16,18-21,23H,3-4,6-7,10,14-15,17H2,1-2H3,(H2,34,41)/t20-,21?,31?/m0/s1. The molecule has 1 aromatic carbocycles. The summed E-state index contributed by atoms with van der Waals surface area (Å²) < 4.78 is 3.74. The molecule has 41 heavy (non-hydrogen) atoms. The Hall–Kier alpha value is -3.90. The second-order valence-electron chi connectivity index (χ2n) is 11.8. The highest BCUT2D eigenvalue weighted by atomic mass is 35.5. The van der Waals surface area contributed by atoms with Crippen LogP contribution < -0.4 is 10.6 Å². The fourth-order valence-corrected chi connectivity index (χ4v) is 7.37. The van der Waals surface area contributed by atoms with Crippen molar-refractivity contribution in [2.24, 2.45) is 24.6 Å². The number of fused-ring (bicyclic) bond motifs is 1. The number of benzene rings is 1. The van der Waals surface area contributed by atoms with Gasteiger partial charge in [-0.05, 0) is 73.8 Å². The van der Waals surface area contributed by atoms with Gasteiger partial charge in [0.15, 0.2) is 5.65 Å². The Kier molecular flexibility index (Phi) is 7.20. The molecule has 4 aromatic rings. The van der Waals surface area contributed by atoms with Crippen molar-refractivity contribution in [3.05, 3.63) is 76.7 Å². The van der Waals surface area contributed by atoms with Crippen LogP contribution in [-0.2, 0) is 19.0 Å². The van der Waals surface area contributed by atoms with Crippen molar-refractivity contribution in [1.29, 1.82) is 5.26 Å². The molecule has 0 unspecified atom stereocenters. The lowest BCUT2D eigenvalue weighted by Crippen LogP contribution is -2.44. The number of aromatic nitrogens is 5. The number of halogens is 1. The van der Waals surface area contributed by atoms with E-state index in [9.17, 15) is 10.1 Å². The maximum Gasteiger partial charge on any atom is 0.252 e. The van der Waals surface area contributed by atoms with Gasteiger partial charge in [0.2, 0.25) is 0 Å². The Morgan fingerprint density at radius 2 is 2.07 bits per heavy atom. The normalized spacial score (nSPS) is 21.5. The van der Waals surface area contributed by atoms with Gasteiger partial charge in [0.05, 0.1) is 23.2 Å². The first-order chi connectivity index (χ1) is 19.8. The Morgan fingerprint density at radius 3 is 2.76 bits per heavy atom. The summed E-state index contributed by atoms with van der Waals surface area (Å²) in [5.74, 6) is 1.32. The zero-order valence-corrected chi connectivity index (χ0v) is 24.3. The van der Waals surface area contributed by atoms with Crippen molar-refractivity contribution >= 4 is 28.8 Å². The van der Waals surface area contributed by atoms with E-state index < -0.39 is 5.91 Å². The van der Waals surface area contributed by atoms with E-state index in [0.29, 0.717) is 41.2 Å². The number of nitrogens with two attached hydrogens (primary N) is 1. The van der Waals surface area contributed by atoms with Crippen LogP contribution in [0.1, 0.15) is 79.2 Å². The van der Waals surface area contributed by atoms with E-state index in [2.05, 4.69) is 57.3 Å². The van der Waals surface area contributed by atoms with Gasteiger partial charge in [-0.3, -0.25) is 9.20 Å². The van der Waals surface area contributed by atoms with Gasteiger partial charge in [-0.25, -0.2) is 4.98 Å². The van der Waals surface area contributed by atoms with Crippen molar-refractivity contribution < 1.29 is 4.79 Å². The molecule has 0 spiro atoms. The summed E-state index contributed by atoms with van der Waals surface area (Å²) in [5, 5.41) is 18.5. The molecule has 2 aliphatic carbocycles. The summed E-state index contributed by atoms with van der Waals surface area (Å²) in [6.07, 6.45) is 12.4. The number of aryl methyl sites for hydroxylation is 1. The van der Waals surface area contributed by atoms with Crippen molar-refractivity contribution in [1.82, 2.24) is 24.1 Å². The van der Waals surface area contributed by atoms with Crippen LogP contribution in [0.25, 0.3) is 5.65 Å². The lowest BCUT2D eigenvalue weighted by Gasteiger charge is -2.47. The van der Waals surface area contributed by atoms with Gasteiger partial charge in [0, 0.05) is 37.9 Å². The molecule has 9 nitrogen and oxygen atoms in total. The zero-order chi connectivity index (χ0) is 28.7. The van der Waals surface area contributed by atoms with Crippen molar-refractivity contribution in [3.8, 4) is 6.07 Å². The molecule has 10 heteroatoms. The summed E-state index contributed by atoms with van der Waals surface area (Å²) in [5.41, 5.74) is 9.53. The molecule has 0 radical (unpaired) electrons. The van der Waals surface area contributed by atoms with Gasteiger partial charge in [-0.1, -0.05) is 36.6 Å². The fraction of sp³-hybridized carbons (Fsp3) is 0.452. The van der Waals surface area contributed by atoms with Gasteiger partial charge in [-0.2, -0.15) is 5.26 Å².